The Hall–Kier alpha value is -2.37. The van der Waals surface area contributed by atoms with Crippen LogP contribution in [0.15, 0.2) is 29.5 Å². The maximum Gasteiger partial charge on any atom is 0.221 e. The number of benzene rings is 1. The van der Waals surface area contributed by atoms with Crippen LogP contribution in [0.2, 0.25) is 0 Å². The highest BCUT2D eigenvalue weighted by Crippen LogP contribution is 2.17. The number of nitrogen functional groups attached to an aromatic ring is 1. The van der Waals surface area contributed by atoms with E-state index in [9.17, 15) is 4.39 Å². The Bertz CT molecular complexity index is 592. The molecular formula is C12H13FN4O. The van der Waals surface area contributed by atoms with Crippen LogP contribution in [0.1, 0.15) is 11.3 Å². The van der Waals surface area contributed by atoms with Gasteiger partial charge in [0.2, 0.25) is 5.95 Å². The van der Waals surface area contributed by atoms with Crippen molar-refractivity contribution >= 4 is 12.2 Å². The van der Waals surface area contributed by atoms with Gasteiger partial charge >= 0.3 is 0 Å². The zero-order chi connectivity index (χ0) is 13.1. The number of anilines is 1. The van der Waals surface area contributed by atoms with Crippen molar-refractivity contribution in [1.82, 2.24) is 9.66 Å². The summed E-state index contributed by atoms with van der Waals surface area (Å²) in [6.07, 6.45) is 3.15. The number of nitrogens with zero attached hydrogens (tertiary/aromatic N) is 3. The zero-order valence-electron chi connectivity index (χ0n) is 10.1. The van der Waals surface area contributed by atoms with Crippen molar-refractivity contribution in [1.29, 1.82) is 0 Å². The molecule has 1 aromatic heterocycles. The average molecular weight is 248 g/mol. The van der Waals surface area contributed by atoms with Crippen LogP contribution in [-0.4, -0.2) is 23.0 Å². The van der Waals surface area contributed by atoms with Gasteiger partial charge in [-0.25, -0.2) is 14.1 Å². The summed E-state index contributed by atoms with van der Waals surface area (Å²) in [4.78, 5) is 4.01. The van der Waals surface area contributed by atoms with Gasteiger partial charge in [-0.05, 0) is 25.1 Å². The lowest BCUT2D eigenvalue weighted by atomic mass is 10.2. The molecule has 0 aliphatic rings. The zero-order valence-corrected chi connectivity index (χ0v) is 10.1. The predicted octanol–water partition coefficient (Wildman–Crippen LogP) is 1.80. The molecule has 1 aromatic carbocycles. The van der Waals surface area contributed by atoms with Gasteiger partial charge in [-0.15, -0.1) is 0 Å². The summed E-state index contributed by atoms with van der Waals surface area (Å²) in [7, 11) is 1.51. The van der Waals surface area contributed by atoms with Crippen molar-refractivity contribution in [2.45, 2.75) is 6.92 Å². The summed E-state index contributed by atoms with van der Waals surface area (Å²) in [6.45, 7) is 1.81. The van der Waals surface area contributed by atoms with Crippen molar-refractivity contribution in [2.24, 2.45) is 5.10 Å². The van der Waals surface area contributed by atoms with Gasteiger partial charge in [-0.1, -0.05) is 0 Å². The molecule has 1 heterocycles. The summed E-state index contributed by atoms with van der Waals surface area (Å²) in [6, 6.07) is 4.20. The fraction of sp³-hybridized carbons (Fsp3) is 0.167. The van der Waals surface area contributed by atoms with Crippen molar-refractivity contribution in [3.05, 3.63) is 41.5 Å². The number of aromatic nitrogens is 2. The Morgan fingerprint density at radius 3 is 2.89 bits per heavy atom. The Morgan fingerprint density at radius 1 is 1.50 bits per heavy atom. The largest absolute Gasteiger partial charge is 0.496 e. The molecule has 0 amide bonds. The fourth-order valence-electron chi connectivity index (χ4n) is 1.53. The van der Waals surface area contributed by atoms with Gasteiger partial charge in [-0.3, -0.25) is 0 Å². The second-order valence-corrected chi connectivity index (χ2v) is 3.72. The van der Waals surface area contributed by atoms with Crippen LogP contribution in [0.5, 0.6) is 5.75 Å². The molecule has 2 rings (SSSR count). The standard InChI is InChI=1S/C12H13FN4O/c1-8-7-17(12(14)16-8)15-6-9-5-10(13)3-4-11(9)18-2/h3-7H,1-2H3,(H2,14,16). The summed E-state index contributed by atoms with van der Waals surface area (Å²) in [5.41, 5.74) is 6.93. The van der Waals surface area contributed by atoms with E-state index in [1.165, 1.54) is 30.1 Å². The Morgan fingerprint density at radius 2 is 2.28 bits per heavy atom. The van der Waals surface area contributed by atoms with Crippen molar-refractivity contribution < 1.29 is 9.13 Å². The topological polar surface area (TPSA) is 65.4 Å². The number of halogens is 1. The van der Waals surface area contributed by atoms with E-state index in [4.69, 9.17) is 10.5 Å². The minimum atomic E-state index is -0.355. The van der Waals surface area contributed by atoms with Gasteiger partial charge in [0.05, 0.1) is 25.2 Å². The number of rotatable bonds is 3. The number of hydrogen-bond donors (Lipinski definition) is 1. The SMILES string of the molecule is COc1ccc(F)cc1C=Nn1cc(C)nc1N. The van der Waals surface area contributed by atoms with Crippen LogP contribution in [0.25, 0.3) is 0 Å². The lowest BCUT2D eigenvalue weighted by Gasteiger charge is -2.03. The molecule has 18 heavy (non-hydrogen) atoms. The second-order valence-electron chi connectivity index (χ2n) is 3.72. The van der Waals surface area contributed by atoms with Gasteiger partial charge in [0.1, 0.15) is 11.6 Å². The maximum atomic E-state index is 13.1. The van der Waals surface area contributed by atoms with Crippen LogP contribution in [0, 0.1) is 12.7 Å². The first kappa shape index (κ1) is 12.1. The number of methoxy groups -OCH3 is 1. The smallest absolute Gasteiger partial charge is 0.221 e. The molecule has 0 radical (unpaired) electrons. The van der Waals surface area contributed by atoms with Gasteiger partial charge in [-0.2, -0.15) is 5.10 Å². The van der Waals surface area contributed by atoms with Crippen molar-refractivity contribution in [3.63, 3.8) is 0 Å². The summed E-state index contributed by atoms with van der Waals surface area (Å²) in [5.74, 6) is 0.460. The van der Waals surface area contributed by atoms with Crippen LogP contribution in [0.3, 0.4) is 0 Å². The molecule has 0 fully saturated rings. The molecule has 0 bridgehead atoms. The van der Waals surface area contributed by atoms with E-state index >= 15 is 0 Å². The highest BCUT2D eigenvalue weighted by atomic mass is 19.1. The normalized spacial score (nSPS) is 11.1. The molecule has 0 saturated carbocycles. The van der Waals surface area contributed by atoms with E-state index in [1.807, 2.05) is 6.92 Å². The summed E-state index contributed by atoms with van der Waals surface area (Å²) in [5, 5.41) is 4.10. The number of ether oxygens (including phenoxy) is 1. The molecule has 5 nitrogen and oxygen atoms in total. The Labute approximate surface area is 104 Å². The van der Waals surface area contributed by atoms with E-state index in [0.717, 1.165) is 5.69 Å². The first-order valence-corrected chi connectivity index (χ1v) is 5.29. The number of imidazole rings is 1. The van der Waals surface area contributed by atoms with Gasteiger partial charge in [0, 0.05) is 5.56 Å². The first-order valence-electron chi connectivity index (χ1n) is 5.29. The minimum absolute atomic E-state index is 0.277. The predicted molar refractivity (Wildman–Crippen MR) is 67.3 cm³/mol. The molecule has 0 saturated heterocycles. The fourth-order valence-corrected chi connectivity index (χ4v) is 1.53. The quantitative estimate of drug-likeness (QED) is 0.842. The molecule has 0 unspecified atom stereocenters. The van der Waals surface area contributed by atoms with E-state index in [1.54, 1.807) is 12.3 Å². The monoisotopic (exact) mass is 248 g/mol. The average Bonchev–Trinajstić information content (AvgIpc) is 2.65. The summed E-state index contributed by atoms with van der Waals surface area (Å²) >= 11 is 0. The molecule has 2 aromatic rings. The van der Waals surface area contributed by atoms with E-state index < -0.39 is 0 Å². The Balaban J connectivity index is 2.33. The lowest BCUT2D eigenvalue weighted by molar-refractivity contribution is 0.413. The van der Waals surface area contributed by atoms with Gasteiger partial charge < -0.3 is 10.5 Å². The third-order valence-electron chi connectivity index (χ3n) is 2.35. The molecule has 2 N–H and O–H groups in total. The molecule has 0 spiro atoms. The highest BCUT2D eigenvalue weighted by molar-refractivity contribution is 5.83. The number of nitrogens with two attached hydrogens (primary N) is 1. The number of hydrogen-bond acceptors (Lipinski definition) is 4. The third-order valence-corrected chi connectivity index (χ3v) is 2.35. The molecule has 94 valence electrons. The third kappa shape index (κ3) is 2.48. The molecule has 0 aliphatic heterocycles. The molecule has 6 heteroatoms. The highest BCUT2D eigenvalue weighted by Gasteiger charge is 2.03. The second kappa shape index (κ2) is 4.87. The van der Waals surface area contributed by atoms with Crippen molar-refractivity contribution in [3.8, 4) is 5.75 Å². The molecule has 0 atom stereocenters. The lowest BCUT2D eigenvalue weighted by Crippen LogP contribution is -1.98. The van der Waals surface area contributed by atoms with Crippen LogP contribution in [-0.2, 0) is 0 Å². The molecule has 0 aliphatic carbocycles. The van der Waals surface area contributed by atoms with Crippen LogP contribution < -0.4 is 10.5 Å². The Kier molecular flexibility index (Phi) is 3.27. The van der Waals surface area contributed by atoms with E-state index in [0.29, 0.717) is 11.3 Å². The molecular weight excluding hydrogens is 235 g/mol. The van der Waals surface area contributed by atoms with Gasteiger partial charge in [0.15, 0.2) is 0 Å². The van der Waals surface area contributed by atoms with E-state index in [-0.39, 0.29) is 11.8 Å². The number of aryl methyl sites for hydroxylation is 1. The van der Waals surface area contributed by atoms with Crippen LogP contribution >= 0.6 is 0 Å². The van der Waals surface area contributed by atoms with Crippen molar-refractivity contribution in [2.75, 3.05) is 12.8 Å². The first-order chi connectivity index (χ1) is 8.60. The van der Waals surface area contributed by atoms with Crippen LogP contribution in [0.4, 0.5) is 10.3 Å². The van der Waals surface area contributed by atoms with Gasteiger partial charge in [0.25, 0.3) is 0 Å². The van der Waals surface area contributed by atoms with E-state index in [2.05, 4.69) is 10.1 Å². The maximum absolute atomic E-state index is 13.1. The summed E-state index contributed by atoms with van der Waals surface area (Å²) < 4.78 is 19.7. The minimum Gasteiger partial charge on any atom is -0.496 e.